The molecule has 2 amide bonds. The molecule has 8 heteroatoms. The van der Waals surface area contributed by atoms with Crippen LogP contribution in [0.15, 0.2) is 34.7 Å². The number of furan rings is 1. The minimum Gasteiger partial charge on any atom is -0.495 e. The minimum atomic E-state index is -0.515. The standard InChI is InChI=1S/C17H19N3O5/c1-11-5-7-16(25-11)14-4-3-9-19(14)17(21)18-13-10-12(20(22)23)6-8-15(13)24-2/h5-8,10,14H,3-4,9H2,1-2H3,(H,18,21). The number of nitrogens with one attached hydrogen (secondary N) is 1. The predicted octanol–water partition coefficient (Wildman–Crippen LogP) is 3.87. The quantitative estimate of drug-likeness (QED) is 0.670. The third-order valence-corrected chi connectivity index (χ3v) is 4.24. The maximum Gasteiger partial charge on any atom is 0.322 e. The molecule has 1 aromatic heterocycles. The van der Waals surface area contributed by atoms with Gasteiger partial charge in [0.15, 0.2) is 0 Å². The van der Waals surface area contributed by atoms with E-state index < -0.39 is 4.92 Å². The molecule has 1 atom stereocenters. The van der Waals surface area contributed by atoms with Crippen molar-refractivity contribution in [2.75, 3.05) is 19.0 Å². The minimum absolute atomic E-state index is 0.115. The second-order valence-electron chi connectivity index (χ2n) is 5.87. The van der Waals surface area contributed by atoms with Gasteiger partial charge in [-0.25, -0.2) is 4.79 Å². The second-order valence-corrected chi connectivity index (χ2v) is 5.87. The summed E-state index contributed by atoms with van der Waals surface area (Å²) in [6, 6.07) is 7.35. The summed E-state index contributed by atoms with van der Waals surface area (Å²) in [4.78, 5) is 24.8. The number of nitro groups is 1. The Labute approximate surface area is 144 Å². The van der Waals surface area contributed by atoms with Crippen LogP contribution < -0.4 is 10.1 Å². The maximum absolute atomic E-state index is 12.7. The number of nitrogens with zero attached hydrogens (tertiary/aromatic N) is 2. The molecule has 1 saturated heterocycles. The number of rotatable bonds is 4. The van der Waals surface area contributed by atoms with Crippen LogP contribution in [-0.2, 0) is 0 Å². The van der Waals surface area contributed by atoms with Crippen molar-refractivity contribution in [3.05, 3.63) is 52.0 Å². The van der Waals surface area contributed by atoms with Crippen LogP contribution in [0.3, 0.4) is 0 Å². The Hall–Kier alpha value is -3.03. The maximum atomic E-state index is 12.7. The van der Waals surface area contributed by atoms with Crippen LogP contribution >= 0.6 is 0 Å². The Morgan fingerprint density at radius 1 is 1.40 bits per heavy atom. The number of nitro benzene ring substituents is 1. The molecule has 2 heterocycles. The van der Waals surface area contributed by atoms with E-state index in [-0.39, 0.29) is 23.4 Å². The molecule has 0 aliphatic carbocycles. The van der Waals surface area contributed by atoms with Crippen molar-refractivity contribution < 1.29 is 18.9 Å². The van der Waals surface area contributed by atoms with Crippen molar-refractivity contribution in [1.29, 1.82) is 0 Å². The van der Waals surface area contributed by atoms with Crippen molar-refractivity contribution in [3.8, 4) is 5.75 Å². The number of hydrogen-bond donors (Lipinski definition) is 1. The van der Waals surface area contributed by atoms with Crippen LogP contribution in [0, 0.1) is 17.0 Å². The van der Waals surface area contributed by atoms with Gasteiger partial charge in [-0.05, 0) is 38.0 Å². The number of hydrogen-bond acceptors (Lipinski definition) is 5. The van der Waals surface area contributed by atoms with E-state index in [1.807, 2.05) is 19.1 Å². The number of carbonyl (C=O) groups excluding carboxylic acids is 1. The third-order valence-electron chi connectivity index (χ3n) is 4.24. The van der Waals surface area contributed by atoms with E-state index in [1.165, 1.54) is 25.3 Å². The fourth-order valence-electron chi connectivity index (χ4n) is 3.03. The zero-order valence-corrected chi connectivity index (χ0v) is 14.0. The van der Waals surface area contributed by atoms with Gasteiger partial charge in [0, 0.05) is 18.7 Å². The summed E-state index contributed by atoms with van der Waals surface area (Å²) in [7, 11) is 1.45. The molecule has 0 saturated carbocycles. The van der Waals surface area contributed by atoms with Crippen LogP contribution in [0.2, 0.25) is 0 Å². The molecule has 25 heavy (non-hydrogen) atoms. The summed E-state index contributed by atoms with van der Waals surface area (Å²) >= 11 is 0. The van der Waals surface area contributed by atoms with E-state index in [9.17, 15) is 14.9 Å². The highest BCUT2D eigenvalue weighted by Gasteiger charge is 2.32. The monoisotopic (exact) mass is 345 g/mol. The first-order chi connectivity index (χ1) is 12.0. The molecule has 1 aromatic carbocycles. The van der Waals surface area contributed by atoms with E-state index in [2.05, 4.69) is 5.32 Å². The molecule has 1 fully saturated rings. The summed E-state index contributed by atoms with van der Waals surface area (Å²) in [5, 5.41) is 13.7. The number of non-ortho nitro benzene ring substituents is 1. The zero-order valence-electron chi connectivity index (χ0n) is 14.0. The molecule has 2 aromatic rings. The molecule has 132 valence electrons. The lowest BCUT2D eigenvalue weighted by Gasteiger charge is -2.24. The topological polar surface area (TPSA) is 97.8 Å². The van der Waals surface area contributed by atoms with Crippen molar-refractivity contribution in [2.45, 2.75) is 25.8 Å². The van der Waals surface area contributed by atoms with Gasteiger partial charge in [0.2, 0.25) is 0 Å². The summed E-state index contributed by atoms with van der Waals surface area (Å²) in [6.45, 7) is 2.45. The first-order valence-corrected chi connectivity index (χ1v) is 7.96. The van der Waals surface area contributed by atoms with Gasteiger partial charge in [0.1, 0.15) is 17.3 Å². The predicted molar refractivity (Wildman–Crippen MR) is 90.8 cm³/mol. The average Bonchev–Trinajstić information content (AvgIpc) is 3.23. The molecule has 0 radical (unpaired) electrons. The van der Waals surface area contributed by atoms with E-state index in [0.29, 0.717) is 12.3 Å². The lowest BCUT2D eigenvalue weighted by Crippen LogP contribution is -2.34. The summed E-state index contributed by atoms with van der Waals surface area (Å²) < 4.78 is 10.8. The highest BCUT2D eigenvalue weighted by atomic mass is 16.6. The summed E-state index contributed by atoms with van der Waals surface area (Å²) in [6.07, 6.45) is 1.68. The van der Waals surface area contributed by atoms with Crippen molar-refractivity contribution in [1.82, 2.24) is 4.90 Å². The lowest BCUT2D eigenvalue weighted by atomic mass is 10.2. The number of carbonyl (C=O) groups is 1. The van der Waals surface area contributed by atoms with Gasteiger partial charge in [-0.3, -0.25) is 10.1 Å². The van der Waals surface area contributed by atoms with Crippen LogP contribution in [0.4, 0.5) is 16.2 Å². The molecule has 8 nitrogen and oxygen atoms in total. The van der Waals surface area contributed by atoms with Gasteiger partial charge >= 0.3 is 6.03 Å². The molecule has 3 rings (SSSR count). The summed E-state index contributed by atoms with van der Waals surface area (Å²) in [5.74, 6) is 1.90. The average molecular weight is 345 g/mol. The number of urea groups is 1. The smallest absolute Gasteiger partial charge is 0.322 e. The SMILES string of the molecule is COc1ccc([N+](=O)[O-])cc1NC(=O)N1CCCC1c1ccc(C)o1. The lowest BCUT2D eigenvalue weighted by molar-refractivity contribution is -0.384. The van der Waals surface area contributed by atoms with E-state index >= 15 is 0 Å². The Morgan fingerprint density at radius 2 is 2.20 bits per heavy atom. The normalized spacial score (nSPS) is 16.7. The summed E-state index contributed by atoms with van der Waals surface area (Å²) in [5.41, 5.74) is 0.152. The van der Waals surface area contributed by atoms with Gasteiger partial charge in [0.05, 0.1) is 23.8 Å². The molecule has 1 N–H and O–H groups in total. The van der Waals surface area contributed by atoms with Crippen LogP contribution in [0.5, 0.6) is 5.75 Å². The van der Waals surface area contributed by atoms with Crippen LogP contribution in [-0.4, -0.2) is 29.5 Å². The highest BCUT2D eigenvalue weighted by molar-refractivity contribution is 5.92. The fourth-order valence-corrected chi connectivity index (χ4v) is 3.03. The zero-order chi connectivity index (χ0) is 18.0. The molecule has 1 aliphatic rings. The molecule has 1 aliphatic heterocycles. The van der Waals surface area contributed by atoms with Crippen LogP contribution in [0.25, 0.3) is 0 Å². The van der Waals surface area contributed by atoms with E-state index in [1.54, 1.807) is 4.90 Å². The van der Waals surface area contributed by atoms with Gasteiger partial charge in [0.25, 0.3) is 5.69 Å². The first kappa shape index (κ1) is 16.8. The number of likely N-dealkylation sites (tertiary alicyclic amines) is 1. The molecule has 1 unspecified atom stereocenters. The number of ether oxygens (including phenoxy) is 1. The molecular formula is C17H19N3O5. The highest BCUT2D eigenvalue weighted by Crippen LogP contribution is 2.35. The Balaban J connectivity index is 1.81. The van der Waals surface area contributed by atoms with Crippen molar-refractivity contribution in [3.63, 3.8) is 0 Å². The van der Waals surface area contributed by atoms with Gasteiger partial charge in [-0.1, -0.05) is 0 Å². The number of methoxy groups -OCH3 is 1. The largest absolute Gasteiger partial charge is 0.495 e. The molecule has 0 bridgehead atoms. The third kappa shape index (κ3) is 3.42. The Kier molecular flexibility index (Phi) is 4.60. The van der Waals surface area contributed by atoms with Gasteiger partial charge in [-0.2, -0.15) is 0 Å². The first-order valence-electron chi connectivity index (χ1n) is 7.96. The van der Waals surface area contributed by atoms with Crippen molar-refractivity contribution >= 4 is 17.4 Å². The Bertz CT molecular complexity index is 801. The van der Waals surface area contributed by atoms with Crippen molar-refractivity contribution in [2.24, 2.45) is 0 Å². The molecule has 0 spiro atoms. The fraction of sp³-hybridized carbons (Fsp3) is 0.353. The Morgan fingerprint density at radius 3 is 2.84 bits per heavy atom. The van der Waals surface area contributed by atoms with Gasteiger partial charge < -0.3 is 19.4 Å². The molecular weight excluding hydrogens is 326 g/mol. The van der Waals surface area contributed by atoms with Gasteiger partial charge in [-0.15, -0.1) is 0 Å². The number of amides is 2. The van der Waals surface area contributed by atoms with Crippen LogP contribution in [0.1, 0.15) is 30.4 Å². The number of anilines is 1. The van der Waals surface area contributed by atoms with E-state index in [0.717, 1.165) is 24.4 Å². The number of benzene rings is 1. The number of aryl methyl sites for hydroxylation is 1. The van der Waals surface area contributed by atoms with E-state index in [4.69, 9.17) is 9.15 Å². The second kappa shape index (κ2) is 6.84.